The van der Waals surface area contributed by atoms with Crippen LogP contribution in [0.3, 0.4) is 0 Å². The molecule has 3 rings (SSSR count). The monoisotopic (exact) mass is 266 g/mol. The summed E-state index contributed by atoms with van der Waals surface area (Å²) in [7, 11) is 0. The molecule has 0 spiro atoms. The van der Waals surface area contributed by atoms with Crippen LogP contribution in [0, 0.1) is 0 Å². The van der Waals surface area contributed by atoms with Crippen molar-refractivity contribution in [1.29, 1.82) is 0 Å². The topological polar surface area (TPSA) is 54.4 Å². The summed E-state index contributed by atoms with van der Waals surface area (Å²) in [5, 5.41) is 11.2. The summed E-state index contributed by atoms with van der Waals surface area (Å²) in [5.74, 6) is 1.05. The molecular formula is C17H14O3. The van der Waals surface area contributed by atoms with Crippen molar-refractivity contribution in [1.82, 2.24) is 0 Å². The van der Waals surface area contributed by atoms with Crippen LogP contribution in [-0.2, 0) is 22.4 Å². The predicted octanol–water partition coefficient (Wildman–Crippen LogP) is 3.02. The fraction of sp³-hybridized carbons (Fsp3) is 0.235. The van der Waals surface area contributed by atoms with Crippen LogP contribution < -0.4 is 0 Å². The van der Waals surface area contributed by atoms with Crippen LogP contribution in [0.4, 0.5) is 0 Å². The van der Waals surface area contributed by atoms with E-state index in [9.17, 15) is 9.59 Å². The molecule has 3 heteroatoms. The Morgan fingerprint density at radius 1 is 1.15 bits per heavy atom. The molecule has 1 aliphatic carbocycles. The highest BCUT2D eigenvalue weighted by Crippen LogP contribution is 2.36. The van der Waals surface area contributed by atoms with Gasteiger partial charge in [-0.15, -0.1) is 0 Å². The minimum Gasteiger partial charge on any atom is -0.481 e. The van der Waals surface area contributed by atoms with Crippen LogP contribution in [0.15, 0.2) is 30.3 Å². The standard InChI is InChI=1S/C17H14O3/c18-10-13(6-9-16(19)20)14-7-4-11-2-1-3-12-5-8-15(14)17(11)12/h1-4,7H,5-6,8-9H2,(H,19,20). The van der Waals surface area contributed by atoms with Crippen molar-refractivity contribution in [2.24, 2.45) is 0 Å². The van der Waals surface area contributed by atoms with Crippen molar-refractivity contribution in [3.05, 3.63) is 47.0 Å². The van der Waals surface area contributed by atoms with E-state index in [1.165, 1.54) is 21.9 Å². The van der Waals surface area contributed by atoms with Gasteiger partial charge < -0.3 is 5.11 Å². The van der Waals surface area contributed by atoms with Crippen molar-refractivity contribution < 1.29 is 14.7 Å². The molecule has 0 saturated heterocycles. The Balaban J connectivity index is 2.10. The molecule has 0 atom stereocenters. The van der Waals surface area contributed by atoms with Crippen LogP contribution in [0.1, 0.15) is 29.5 Å². The van der Waals surface area contributed by atoms with E-state index in [1.54, 1.807) is 0 Å². The summed E-state index contributed by atoms with van der Waals surface area (Å²) in [6, 6.07) is 10.2. The van der Waals surface area contributed by atoms with E-state index in [-0.39, 0.29) is 12.8 Å². The Labute approximate surface area is 116 Å². The molecule has 0 radical (unpaired) electrons. The molecular weight excluding hydrogens is 252 g/mol. The van der Waals surface area contributed by atoms with E-state index in [0.717, 1.165) is 18.4 Å². The van der Waals surface area contributed by atoms with Gasteiger partial charge in [-0.1, -0.05) is 30.3 Å². The quantitative estimate of drug-likeness (QED) is 0.865. The lowest BCUT2D eigenvalue weighted by Crippen LogP contribution is -1.98. The van der Waals surface area contributed by atoms with Crippen molar-refractivity contribution in [2.75, 3.05) is 0 Å². The van der Waals surface area contributed by atoms with E-state index in [2.05, 4.69) is 12.1 Å². The number of hydrogen-bond acceptors (Lipinski definition) is 2. The number of benzene rings is 2. The van der Waals surface area contributed by atoms with Gasteiger partial charge in [0.2, 0.25) is 0 Å². The molecule has 2 aromatic carbocycles. The molecule has 0 unspecified atom stereocenters. The maximum absolute atomic E-state index is 11.2. The van der Waals surface area contributed by atoms with Crippen LogP contribution in [0.25, 0.3) is 16.3 Å². The van der Waals surface area contributed by atoms with Crippen molar-refractivity contribution in [3.63, 3.8) is 0 Å². The number of carboxylic acids is 1. The fourth-order valence-corrected chi connectivity index (χ4v) is 3.02. The third kappa shape index (κ3) is 2.02. The summed E-state index contributed by atoms with van der Waals surface area (Å²) in [6.07, 6.45) is 2.09. The van der Waals surface area contributed by atoms with Crippen LogP contribution in [0.2, 0.25) is 0 Å². The lowest BCUT2D eigenvalue weighted by Gasteiger charge is -2.09. The third-order valence-corrected chi connectivity index (χ3v) is 3.92. The molecule has 0 aliphatic heterocycles. The zero-order chi connectivity index (χ0) is 14.1. The number of rotatable bonds is 4. The minimum absolute atomic E-state index is 0.0380. The SMILES string of the molecule is O=C=C(CCC(=O)O)c1ccc2cccc3c2c1CC3. The molecule has 0 saturated carbocycles. The molecule has 2 aromatic rings. The molecule has 0 fully saturated rings. The number of carbonyl (C=O) groups excluding carboxylic acids is 1. The summed E-state index contributed by atoms with van der Waals surface area (Å²) in [4.78, 5) is 21.9. The van der Waals surface area contributed by atoms with Gasteiger partial charge in [-0.25, -0.2) is 4.79 Å². The zero-order valence-electron chi connectivity index (χ0n) is 11.0. The number of aryl methyl sites for hydroxylation is 2. The van der Waals surface area contributed by atoms with E-state index in [1.807, 2.05) is 24.1 Å². The first-order chi connectivity index (χ1) is 9.70. The van der Waals surface area contributed by atoms with Crippen LogP contribution in [0.5, 0.6) is 0 Å². The van der Waals surface area contributed by atoms with Gasteiger partial charge in [0, 0.05) is 5.57 Å². The first kappa shape index (κ1) is 12.6. The molecule has 3 nitrogen and oxygen atoms in total. The molecule has 0 heterocycles. The molecule has 1 N–H and O–H groups in total. The third-order valence-electron chi connectivity index (χ3n) is 3.92. The van der Waals surface area contributed by atoms with Crippen molar-refractivity contribution >= 4 is 28.3 Å². The molecule has 0 bridgehead atoms. The smallest absolute Gasteiger partial charge is 0.303 e. The Morgan fingerprint density at radius 3 is 2.75 bits per heavy atom. The lowest BCUT2D eigenvalue weighted by molar-refractivity contribution is -0.136. The zero-order valence-corrected chi connectivity index (χ0v) is 11.0. The summed E-state index contributed by atoms with van der Waals surface area (Å²) < 4.78 is 0. The Bertz CT molecular complexity index is 752. The van der Waals surface area contributed by atoms with Crippen LogP contribution in [-0.4, -0.2) is 17.0 Å². The Morgan fingerprint density at radius 2 is 2.00 bits per heavy atom. The second-order valence-corrected chi connectivity index (χ2v) is 5.08. The van der Waals surface area contributed by atoms with Crippen molar-refractivity contribution in [2.45, 2.75) is 25.7 Å². The normalized spacial score (nSPS) is 12.4. The van der Waals surface area contributed by atoms with Crippen LogP contribution >= 0.6 is 0 Å². The predicted molar refractivity (Wildman–Crippen MR) is 77.3 cm³/mol. The van der Waals surface area contributed by atoms with E-state index < -0.39 is 5.97 Å². The Hall–Kier alpha value is -2.38. The molecule has 1 aliphatic rings. The van der Waals surface area contributed by atoms with Crippen molar-refractivity contribution in [3.8, 4) is 0 Å². The van der Waals surface area contributed by atoms with Gasteiger partial charge in [0.05, 0.1) is 6.42 Å². The van der Waals surface area contributed by atoms with E-state index in [4.69, 9.17) is 5.11 Å². The number of aliphatic carboxylic acids is 1. The summed E-state index contributed by atoms with van der Waals surface area (Å²) in [5.41, 5.74) is 3.82. The minimum atomic E-state index is -0.893. The summed E-state index contributed by atoms with van der Waals surface area (Å²) in [6.45, 7) is 0. The molecule has 0 amide bonds. The second-order valence-electron chi connectivity index (χ2n) is 5.08. The number of allylic oxidation sites excluding steroid dienone is 1. The highest BCUT2D eigenvalue weighted by atomic mass is 16.4. The van der Waals surface area contributed by atoms with E-state index >= 15 is 0 Å². The molecule has 20 heavy (non-hydrogen) atoms. The highest BCUT2D eigenvalue weighted by molar-refractivity contribution is 5.98. The molecule has 0 aromatic heterocycles. The number of hydrogen-bond donors (Lipinski definition) is 1. The van der Waals surface area contributed by atoms with Gasteiger partial charge in [0.15, 0.2) is 0 Å². The van der Waals surface area contributed by atoms with Gasteiger partial charge in [0.25, 0.3) is 0 Å². The number of carbonyl (C=O) groups is 1. The second kappa shape index (κ2) is 4.95. The average Bonchev–Trinajstić information content (AvgIpc) is 2.87. The Kier molecular flexibility index (Phi) is 3.13. The first-order valence-electron chi connectivity index (χ1n) is 6.70. The highest BCUT2D eigenvalue weighted by Gasteiger charge is 2.19. The van der Waals surface area contributed by atoms with Gasteiger partial charge in [-0.3, -0.25) is 4.79 Å². The van der Waals surface area contributed by atoms with Gasteiger partial charge in [-0.2, -0.15) is 0 Å². The average molecular weight is 266 g/mol. The molecule has 100 valence electrons. The number of carboxylic acid groups (broad SMARTS) is 1. The van der Waals surface area contributed by atoms with Gasteiger partial charge in [0.1, 0.15) is 5.94 Å². The maximum Gasteiger partial charge on any atom is 0.303 e. The fourth-order valence-electron chi connectivity index (χ4n) is 3.02. The maximum atomic E-state index is 11.2. The van der Waals surface area contributed by atoms with Gasteiger partial charge in [-0.05, 0) is 46.7 Å². The van der Waals surface area contributed by atoms with E-state index in [0.29, 0.717) is 5.57 Å². The first-order valence-corrected chi connectivity index (χ1v) is 6.70. The largest absolute Gasteiger partial charge is 0.481 e. The summed E-state index contributed by atoms with van der Waals surface area (Å²) >= 11 is 0. The lowest BCUT2D eigenvalue weighted by atomic mass is 9.93. The van der Waals surface area contributed by atoms with Gasteiger partial charge >= 0.3 is 5.97 Å².